The summed E-state index contributed by atoms with van der Waals surface area (Å²) in [6.07, 6.45) is 0. The molecule has 120 valence electrons. The van der Waals surface area contributed by atoms with E-state index < -0.39 is 0 Å². The fourth-order valence-electron chi connectivity index (χ4n) is 1.82. The van der Waals surface area contributed by atoms with Crippen LogP contribution in [0.25, 0.3) is 0 Å². The molecule has 5 nitrogen and oxygen atoms in total. The first-order valence-electron chi connectivity index (χ1n) is 7.20. The van der Waals surface area contributed by atoms with E-state index in [1.165, 1.54) is 0 Å². The van der Waals surface area contributed by atoms with Crippen molar-refractivity contribution in [2.75, 3.05) is 45.4 Å². The average Bonchev–Trinajstić information content (AvgIpc) is 2.47. The molecular formula is C15H26ClN3O2. The summed E-state index contributed by atoms with van der Waals surface area (Å²) >= 11 is 6.22. The highest BCUT2D eigenvalue weighted by Crippen LogP contribution is 2.19. The van der Waals surface area contributed by atoms with Crippen LogP contribution >= 0.6 is 11.6 Å². The fraction of sp³-hybridized carbons (Fsp3) is 0.667. The number of anilines is 1. The maximum Gasteiger partial charge on any atom is 0.129 e. The van der Waals surface area contributed by atoms with Crippen LogP contribution in [0.15, 0.2) is 12.1 Å². The van der Waals surface area contributed by atoms with Crippen molar-refractivity contribution in [1.29, 1.82) is 0 Å². The molecule has 6 heteroatoms. The van der Waals surface area contributed by atoms with Gasteiger partial charge in [0.1, 0.15) is 5.82 Å². The monoisotopic (exact) mass is 315 g/mol. The SMILES string of the molecule is COCCN(CCOC)c1ccc(Cl)c(CNC(C)C)n1. The predicted molar refractivity (Wildman–Crippen MR) is 87.2 cm³/mol. The Kier molecular flexibility index (Phi) is 8.61. The molecule has 0 fully saturated rings. The Labute approximate surface area is 132 Å². The van der Waals surface area contributed by atoms with Gasteiger partial charge in [-0.05, 0) is 12.1 Å². The zero-order chi connectivity index (χ0) is 15.7. The molecule has 1 heterocycles. The third-order valence-electron chi connectivity index (χ3n) is 3.04. The third-order valence-corrected chi connectivity index (χ3v) is 3.38. The van der Waals surface area contributed by atoms with Crippen molar-refractivity contribution in [3.05, 3.63) is 22.8 Å². The molecule has 0 bridgehead atoms. The van der Waals surface area contributed by atoms with Gasteiger partial charge >= 0.3 is 0 Å². The lowest BCUT2D eigenvalue weighted by Gasteiger charge is -2.24. The van der Waals surface area contributed by atoms with Crippen molar-refractivity contribution in [2.45, 2.75) is 26.4 Å². The number of nitrogens with one attached hydrogen (secondary N) is 1. The number of rotatable bonds is 10. The highest BCUT2D eigenvalue weighted by Gasteiger charge is 2.11. The van der Waals surface area contributed by atoms with Crippen LogP contribution in [0.2, 0.25) is 5.02 Å². The van der Waals surface area contributed by atoms with Crippen LogP contribution in [0.1, 0.15) is 19.5 Å². The van der Waals surface area contributed by atoms with E-state index in [0.29, 0.717) is 30.8 Å². The Morgan fingerprint density at radius 2 is 1.81 bits per heavy atom. The molecule has 1 aromatic heterocycles. The van der Waals surface area contributed by atoms with Gasteiger partial charge in [-0.3, -0.25) is 0 Å². The molecule has 0 spiro atoms. The first kappa shape index (κ1) is 18.2. The van der Waals surface area contributed by atoms with Gasteiger partial charge in [-0.2, -0.15) is 0 Å². The molecule has 0 amide bonds. The molecule has 0 atom stereocenters. The molecule has 1 aromatic rings. The second kappa shape index (κ2) is 9.95. The minimum absolute atomic E-state index is 0.393. The van der Waals surface area contributed by atoms with Crippen molar-refractivity contribution in [1.82, 2.24) is 10.3 Å². The van der Waals surface area contributed by atoms with Crippen LogP contribution in [-0.4, -0.2) is 51.5 Å². The van der Waals surface area contributed by atoms with Crippen molar-refractivity contribution >= 4 is 17.4 Å². The van der Waals surface area contributed by atoms with Gasteiger partial charge < -0.3 is 19.7 Å². The number of nitrogens with zero attached hydrogens (tertiary/aromatic N) is 2. The van der Waals surface area contributed by atoms with Crippen LogP contribution in [-0.2, 0) is 16.0 Å². The number of ether oxygens (including phenoxy) is 2. The molecule has 0 aliphatic carbocycles. The number of aromatic nitrogens is 1. The predicted octanol–water partition coefficient (Wildman–Crippen LogP) is 2.33. The molecule has 0 aliphatic heterocycles. The maximum absolute atomic E-state index is 6.22. The Morgan fingerprint density at radius 3 is 2.33 bits per heavy atom. The number of halogens is 1. The first-order chi connectivity index (χ1) is 10.1. The summed E-state index contributed by atoms with van der Waals surface area (Å²) in [6.45, 7) is 7.69. The van der Waals surface area contributed by atoms with Crippen molar-refractivity contribution in [3.8, 4) is 0 Å². The van der Waals surface area contributed by atoms with E-state index in [1.807, 2.05) is 12.1 Å². The number of hydrogen-bond acceptors (Lipinski definition) is 5. The van der Waals surface area contributed by atoms with Crippen molar-refractivity contribution < 1.29 is 9.47 Å². The molecule has 0 aliphatic rings. The zero-order valence-corrected chi connectivity index (χ0v) is 14.1. The Balaban J connectivity index is 2.83. The standard InChI is InChI=1S/C15H26ClN3O2/c1-12(2)17-11-14-13(16)5-6-15(18-14)19(7-9-20-3)8-10-21-4/h5-6,12,17H,7-11H2,1-4H3. The highest BCUT2D eigenvalue weighted by molar-refractivity contribution is 6.31. The third kappa shape index (κ3) is 6.61. The first-order valence-corrected chi connectivity index (χ1v) is 7.58. The van der Waals surface area contributed by atoms with Gasteiger partial charge in [-0.1, -0.05) is 25.4 Å². The van der Waals surface area contributed by atoms with Gasteiger partial charge in [0, 0.05) is 39.9 Å². The number of hydrogen-bond donors (Lipinski definition) is 1. The molecule has 1 N–H and O–H groups in total. The molecule has 0 saturated heterocycles. The average molecular weight is 316 g/mol. The lowest BCUT2D eigenvalue weighted by Crippen LogP contribution is -2.32. The lowest BCUT2D eigenvalue weighted by molar-refractivity contribution is 0.190. The van der Waals surface area contributed by atoms with Crippen molar-refractivity contribution in [2.24, 2.45) is 0 Å². The van der Waals surface area contributed by atoms with Gasteiger partial charge in [0.05, 0.1) is 23.9 Å². The molecule has 0 aromatic carbocycles. The van der Waals surface area contributed by atoms with Crippen LogP contribution in [0.5, 0.6) is 0 Å². The summed E-state index contributed by atoms with van der Waals surface area (Å²) in [4.78, 5) is 6.81. The number of pyridine rings is 1. The number of methoxy groups -OCH3 is 2. The van der Waals surface area contributed by atoms with Crippen LogP contribution < -0.4 is 10.2 Å². The summed E-state index contributed by atoms with van der Waals surface area (Å²) in [7, 11) is 3.39. The highest BCUT2D eigenvalue weighted by atomic mass is 35.5. The van der Waals surface area contributed by atoms with E-state index in [1.54, 1.807) is 14.2 Å². The van der Waals surface area contributed by atoms with Gasteiger partial charge in [0.15, 0.2) is 0 Å². The van der Waals surface area contributed by atoms with E-state index in [2.05, 4.69) is 29.0 Å². The van der Waals surface area contributed by atoms with E-state index in [9.17, 15) is 0 Å². The Bertz CT molecular complexity index is 408. The van der Waals surface area contributed by atoms with Gasteiger partial charge in [-0.15, -0.1) is 0 Å². The molecule has 21 heavy (non-hydrogen) atoms. The molecule has 0 unspecified atom stereocenters. The quantitative estimate of drug-likeness (QED) is 0.718. The van der Waals surface area contributed by atoms with E-state index in [4.69, 9.17) is 21.1 Å². The van der Waals surface area contributed by atoms with Crippen LogP contribution in [0.3, 0.4) is 0 Å². The zero-order valence-electron chi connectivity index (χ0n) is 13.4. The fourth-order valence-corrected chi connectivity index (χ4v) is 1.99. The normalized spacial score (nSPS) is 11.1. The lowest BCUT2D eigenvalue weighted by atomic mass is 10.3. The Hall–Kier alpha value is -0.880. The van der Waals surface area contributed by atoms with Gasteiger partial charge in [0.25, 0.3) is 0 Å². The van der Waals surface area contributed by atoms with Crippen molar-refractivity contribution in [3.63, 3.8) is 0 Å². The molecule has 0 radical (unpaired) electrons. The van der Waals surface area contributed by atoms with E-state index >= 15 is 0 Å². The second-order valence-electron chi connectivity index (χ2n) is 5.11. The van der Waals surface area contributed by atoms with Gasteiger partial charge in [0.2, 0.25) is 0 Å². The summed E-state index contributed by atoms with van der Waals surface area (Å²) in [5.41, 5.74) is 0.864. The largest absolute Gasteiger partial charge is 0.383 e. The maximum atomic E-state index is 6.22. The topological polar surface area (TPSA) is 46.6 Å². The minimum Gasteiger partial charge on any atom is -0.383 e. The van der Waals surface area contributed by atoms with Crippen LogP contribution in [0, 0.1) is 0 Å². The summed E-state index contributed by atoms with van der Waals surface area (Å²) in [5, 5.41) is 4.03. The second-order valence-corrected chi connectivity index (χ2v) is 5.51. The van der Waals surface area contributed by atoms with Gasteiger partial charge in [-0.25, -0.2) is 4.98 Å². The molecule has 0 saturated carbocycles. The molecule has 1 rings (SSSR count). The van der Waals surface area contributed by atoms with Crippen LogP contribution in [0.4, 0.5) is 5.82 Å². The van der Waals surface area contributed by atoms with E-state index in [-0.39, 0.29) is 0 Å². The molecular weight excluding hydrogens is 290 g/mol. The Morgan fingerprint density at radius 1 is 1.19 bits per heavy atom. The van der Waals surface area contributed by atoms with E-state index in [0.717, 1.165) is 24.6 Å². The minimum atomic E-state index is 0.393. The smallest absolute Gasteiger partial charge is 0.129 e. The summed E-state index contributed by atoms with van der Waals surface area (Å²) in [5.74, 6) is 0.897. The summed E-state index contributed by atoms with van der Waals surface area (Å²) in [6, 6.07) is 4.23. The summed E-state index contributed by atoms with van der Waals surface area (Å²) < 4.78 is 10.3.